The summed E-state index contributed by atoms with van der Waals surface area (Å²) in [6.45, 7) is 5.88. The van der Waals surface area contributed by atoms with Crippen LogP contribution in [-0.2, 0) is 14.6 Å². The van der Waals surface area contributed by atoms with Crippen molar-refractivity contribution >= 4 is 15.7 Å². The van der Waals surface area contributed by atoms with Crippen molar-refractivity contribution in [3.05, 3.63) is 0 Å². The number of likely N-dealkylation sites (tertiary alicyclic amines) is 1. The van der Waals surface area contributed by atoms with Gasteiger partial charge < -0.3 is 16.0 Å². The number of hydrogen-bond acceptors (Lipinski definition) is 5. The molecule has 1 aliphatic rings. The maximum absolute atomic E-state index is 11.7. The third-order valence-electron chi connectivity index (χ3n) is 3.52. The number of nitrogens with one attached hydrogen (secondary N) is 1. The van der Waals surface area contributed by atoms with Crippen molar-refractivity contribution in [1.29, 1.82) is 0 Å². The van der Waals surface area contributed by atoms with Crippen LogP contribution >= 0.6 is 0 Å². The fourth-order valence-electron chi connectivity index (χ4n) is 2.21. The molecule has 0 aromatic carbocycles. The van der Waals surface area contributed by atoms with Crippen LogP contribution in [0.2, 0.25) is 0 Å². The lowest BCUT2D eigenvalue weighted by Gasteiger charge is -2.16. The van der Waals surface area contributed by atoms with E-state index in [1.807, 2.05) is 0 Å². The number of nitrogens with zero attached hydrogens (tertiary/aromatic N) is 1. The molecule has 1 heterocycles. The zero-order valence-electron chi connectivity index (χ0n) is 11.8. The van der Waals surface area contributed by atoms with E-state index in [4.69, 9.17) is 5.73 Å². The molecule has 2 atom stereocenters. The fourth-order valence-corrected chi connectivity index (χ4v) is 2.90. The van der Waals surface area contributed by atoms with E-state index in [-0.39, 0.29) is 18.1 Å². The highest BCUT2D eigenvalue weighted by Gasteiger charge is 2.22. The summed E-state index contributed by atoms with van der Waals surface area (Å²) >= 11 is 0. The topological polar surface area (TPSA) is 92.5 Å². The zero-order valence-corrected chi connectivity index (χ0v) is 12.6. The molecule has 1 saturated heterocycles. The summed E-state index contributed by atoms with van der Waals surface area (Å²) in [5.74, 6) is 0.179. The standard InChI is InChI=1S/C12H25N3O3S/c1-3-15-6-4-10(9-15)8-14-12(16)11(13)5-7-19(2,17)18/h10-11H,3-9,13H2,1-2H3,(H,14,16). The van der Waals surface area contributed by atoms with E-state index in [0.29, 0.717) is 12.5 Å². The SMILES string of the molecule is CCN1CCC(CNC(=O)C(N)CCS(C)(=O)=O)C1. The first-order valence-electron chi connectivity index (χ1n) is 6.75. The summed E-state index contributed by atoms with van der Waals surface area (Å²) in [7, 11) is -3.06. The molecule has 1 fully saturated rings. The fraction of sp³-hybridized carbons (Fsp3) is 0.917. The van der Waals surface area contributed by atoms with Crippen LogP contribution in [-0.4, -0.2) is 63.5 Å². The van der Waals surface area contributed by atoms with Crippen LogP contribution in [0, 0.1) is 5.92 Å². The van der Waals surface area contributed by atoms with Gasteiger partial charge in [-0.1, -0.05) is 6.92 Å². The smallest absolute Gasteiger partial charge is 0.236 e. The van der Waals surface area contributed by atoms with Gasteiger partial charge in [0.25, 0.3) is 0 Å². The maximum atomic E-state index is 11.7. The molecule has 1 aliphatic heterocycles. The van der Waals surface area contributed by atoms with E-state index < -0.39 is 15.9 Å². The Morgan fingerprint density at radius 1 is 1.53 bits per heavy atom. The predicted octanol–water partition coefficient (Wildman–Crippen LogP) is -0.794. The normalized spacial score (nSPS) is 22.4. The second-order valence-corrected chi connectivity index (χ2v) is 7.58. The third kappa shape index (κ3) is 6.35. The highest BCUT2D eigenvalue weighted by atomic mass is 32.2. The molecule has 19 heavy (non-hydrogen) atoms. The van der Waals surface area contributed by atoms with Crippen LogP contribution in [0.5, 0.6) is 0 Å². The van der Waals surface area contributed by atoms with Crippen molar-refractivity contribution in [2.45, 2.75) is 25.8 Å². The van der Waals surface area contributed by atoms with E-state index in [0.717, 1.165) is 32.3 Å². The van der Waals surface area contributed by atoms with Crippen LogP contribution < -0.4 is 11.1 Å². The van der Waals surface area contributed by atoms with Crippen LogP contribution in [0.15, 0.2) is 0 Å². The summed E-state index contributed by atoms with van der Waals surface area (Å²) < 4.78 is 22.0. The molecule has 0 aromatic rings. The molecule has 2 unspecified atom stereocenters. The van der Waals surface area contributed by atoms with Crippen molar-refractivity contribution in [3.63, 3.8) is 0 Å². The average Bonchev–Trinajstić information content (AvgIpc) is 2.80. The molecule has 112 valence electrons. The highest BCUT2D eigenvalue weighted by molar-refractivity contribution is 7.90. The number of hydrogen-bond donors (Lipinski definition) is 2. The van der Waals surface area contributed by atoms with Crippen LogP contribution in [0.25, 0.3) is 0 Å². The molecule has 7 heteroatoms. The Bertz CT molecular complexity index is 397. The molecule has 0 radical (unpaired) electrons. The zero-order chi connectivity index (χ0) is 14.5. The monoisotopic (exact) mass is 291 g/mol. The van der Waals surface area contributed by atoms with Gasteiger partial charge in [0.2, 0.25) is 5.91 Å². The van der Waals surface area contributed by atoms with Crippen molar-refractivity contribution in [2.75, 3.05) is 38.2 Å². The molecular weight excluding hydrogens is 266 g/mol. The Morgan fingerprint density at radius 2 is 2.21 bits per heavy atom. The molecule has 0 bridgehead atoms. The van der Waals surface area contributed by atoms with Gasteiger partial charge in [-0.3, -0.25) is 4.79 Å². The number of nitrogens with two attached hydrogens (primary N) is 1. The maximum Gasteiger partial charge on any atom is 0.236 e. The van der Waals surface area contributed by atoms with E-state index >= 15 is 0 Å². The Hall–Kier alpha value is -0.660. The van der Waals surface area contributed by atoms with Crippen molar-refractivity contribution in [2.24, 2.45) is 11.7 Å². The number of sulfone groups is 1. The Balaban J connectivity index is 2.23. The van der Waals surface area contributed by atoms with Crippen LogP contribution in [0.3, 0.4) is 0 Å². The summed E-state index contributed by atoms with van der Waals surface area (Å²) in [4.78, 5) is 14.1. The summed E-state index contributed by atoms with van der Waals surface area (Å²) in [5.41, 5.74) is 5.68. The first-order chi connectivity index (χ1) is 8.81. The van der Waals surface area contributed by atoms with Crippen molar-refractivity contribution < 1.29 is 13.2 Å². The predicted molar refractivity (Wildman–Crippen MR) is 75.5 cm³/mol. The molecule has 0 spiro atoms. The number of carbonyl (C=O) groups is 1. The molecule has 0 saturated carbocycles. The van der Waals surface area contributed by atoms with Crippen LogP contribution in [0.4, 0.5) is 0 Å². The quantitative estimate of drug-likeness (QED) is 0.641. The molecular formula is C12H25N3O3S. The minimum absolute atomic E-state index is 0.0470. The van der Waals surface area contributed by atoms with Gasteiger partial charge in [-0.25, -0.2) is 8.42 Å². The van der Waals surface area contributed by atoms with Gasteiger partial charge in [0.1, 0.15) is 9.84 Å². The summed E-state index contributed by atoms with van der Waals surface area (Å²) in [6, 6.07) is -0.738. The Morgan fingerprint density at radius 3 is 2.74 bits per heavy atom. The third-order valence-corrected chi connectivity index (χ3v) is 4.50. The van der Waals surface area contributed by atoms with Crippen LogP contribution in [0.1, 0.15) is 19.8 Å². The van der Waals surface area contributed by atoms with E-state index in [1.165, 1.54) is 0 Å². The van der Waals surface area contributed by atoms with Gasteiger partial charge in [0.05, 0.1) is 11.8 Å². The molecule has 6 nitrogen and oxygen atoms in total. The van der Waals surface area contributed by atoms with Crippen molar-refractivity contribution in [3.8, 4) is 0 Å². The minimum atomic E-state index is -3.06. The minimum Gasteiger partial charge on any atom is -0.354 e. The summed E-state index contributed by atoms with van der Waals surface area (Å²) in [5, 5.41) is 2.82. The van der Waals surface area contributed by atoms with Gasteiger partial charge in [0.15, 0.2) is 0 Å². The molecule has 3 N–H and O–H groups in total. The lowest BCUT2D eigenvalue weighted by Crippen LogP contribution is -2.43. The van der Waals surface area contributed by atoms with Gasteiger partial charge in [-0.05, 0) is 31.8 Å². The average molecular weight is 291 g/mol. The molecule has 1 amide bonds. The van der Waals surface area contributed by atoms with E-state index in [1.54, 1.807) is 0 Å². The molecule has 0 aliphatic carbocycles. The van der Waals surface area contributed by atoms with Gasteiger partial charge in [-0.2, -0.15) is 0 Å². The van der Waals surface area contributed by atoms with Gasteiger partial charge >= 0.3 is 0 Å². The summed E-state index contributed by atoms with van der Waals surface area (Å²) in [6.07, 6.45) is 2.42. The first-order valence-corrected chi connectivity index (χ1v) is 8.81. The second kappa shape index (κ2) is 7.21. The number of amides is 1. The Kier molecular flexibility index (Phi) is 6.22. The Labute approximate surface area is 115 Å². The largest absolute Gasteiger partial charge is 0.354 e. The highest BCUT2D eigenvalue weighted by Crippen LogP contribution is 2.14. The van der Waals surface area contributed by atoms with Gasteiger partial charge in [-0.15, -0.1) is 0 Å². The lowest BCUT2D eigenvalue weighted by atomic mass is 10.1. The molecule has 0 aromatic heterocycles. The number of carbonyl (C=O) groups excluding carboxylic acids is 1. The second-order valence-electron chi connectivity index (χ2n) is 5.32. The van der Waals surface area contributed by atoms with Crippen molar-refractivity contribution in [1.82, 2.24) is 10.2 Å². The van der Waals surface area contributed by atoms with E-state index in [2.05, 4.69) is 17.1 Å². The molecule has 1 rings (SSSR count). The lowest BCUT2D eigenvalue weighted by molar-refractivity contribution is -0.122. The first kappa shape index (κ1) is 16.4. The van der Waals surface area contributed by atoms with E-state index in [9.17, 15) is 13.2 Å². The van der Waals surface area contributed by atoms with Gasteiger partial charge in [0, 0.05) is 19.3 Å². The number of rotatable bonds is 7.